The second-order valence-corrected chi connectivity index (χ2v) is 6.58. The minimum absolute atomic E-state index is 0.0836. The molecule has 2 heterocycles. The molecule has 24 heavy (non-hydrogen) atoms. The molecule has 1 saturated carbocycles. The van der Waals surface area contributed by atoms with Gasteiger partial charge in [0, 0.05) is 13.0 Å². The molecule has 4 amide bonds. The smallest absolute Gasteiger partial charge is 0.325 e. The molecule has 1 aromatic rings. The van der Waals surface area contributed by atoms with E-state index < -0.39 is 5.54 Å². The van der Waals surface area contributed by atoms with Gasteiger partial charge in [-0.05, 0) is 31.9 Å². The Kier molecular flexibility index (Phi) is 4.59. The first-order valence-electron chi connectivity index (χ1n) is 8.49. The van der Waals surface area contributed by atoms with Gasteiger partial charge >= 0.3 is 6.03 Å². The van der Waals surface area contributed by atoms with Crippen LogP contribution in [0, 0.1) is 0 Å². The minimum Gasteiger partial charge on any atom is -0.467 e. The van der Waals surface area contributed by atoms with Gasteiger partial charge in [-0.25, -0.2) is 4.79 Å². The summed E-state index contributed by atoms with van der Waals surface area (Å²) in [6, 6.07) is 2.92. The van der Waals surface area contributed by atoms with Crippen molar-refractivity contribution in [3.05, 3.63) is 24.2 Å². The van der Waals surface area contributed by atoms with E-state index in [0.29, 0.717) is 18.6 Å². The molecule has 7 nitrogen and oxygen atoms in total. The molecule has 7 heteroatoms. The molecule has 2 N–H and O–H groups in total. The van der Waals surface area contributed by atoms with Gasteiger partial charge < -0.3 is 15.1 Å². The zero-order chi connectivity index (χ0) is 17.2. The summed E-state index contributed by atoms with van der Waals surface area (Å²) in [4.78, 5) is 38.0. The molecule has 1 aromatic heterocycles. The Morgan fingerprint density at radius 1 is 1.38 bits per heavy atom. The van der Waals surface area contributed by atoms with E-state index in [1.807, 2.05) is 6.92 Å². The molecule has 0 radical (unpaired) electrons. The van der Waals surface area contributed by atoms with E-state index in [4.69, 9.17) is 4.42 Å². The summed E-state index contributed by atoms with van der Waals surface area (Å²) in [5.41, 5.74) is -0.729. The van der Waals surface area contributed by atoms with E-state index in [1.165, 1.54) is 4.90 Å². The van der Waals surface area contributed by atoms with Crippen LogP contribution in [0.3, 0.4) is 0 Å². The highest BCUT2D eigenvalue weighted by atomic mass is 16.3. The maximum atomic E-state index is 12.6. The van der Waals surface area contributed by atoms with Crippen LogP contribution in [0.15, 0.2) is 22.8 Å². The monoisotopic (exact) mass is 333 g/mol. The standard InChI is InChI=1S/C17H23N3O4/c1-12(13-6-5-11-24-13)18-14(21)7-10-20-15(22)17(19-16(20)23)8-3-2-4-9-17/h5-6,11-12H,2-4,7-10H2,1H3,(H,18,21)(H,19,23). The third-order valence-corrected chi connectivity index (χ3v) is 4.86. The average Bonchev–Trinajstić information content (AvgIpc) is 3.16. The highest BCUT2D eigenvalue weighted by molar-refractivity contribution is 6.07. The van der Waals surface area contributed by atoms with Gasteiger partial charge in [-0.2, -0.15) is 0 Å². The predicted molar refractivity (Wildman–Crippen MR) is 85.9 cm³/mol. The van der Waals surface area contributed by atoms with Crippen LogP contribution in [-0.4, -0.2) is 34.8 Å². The van der Waals surface area contributed by atoms with Gasteiger partial charge in [-0.3, -0.25) is 14.5 Å². The molecule has 0 aromatic carbocycles. The van der Waals surface area contributed by atoms with E-state index >= 15 is 0 Å². The summed E-state index contributed by atoms with van der Waals surface area (Å²) in [7, 11) is 0. The van der Waals surface area contributed by atoms with E-state index in [9.17, 15) is 14.4 Å². The second kappa shape index (κ2) is 6.67. The molecule has 0 bridgehead atoms. The van der Waals surface area contributed by atoms with Crippen molar-refractivity contribution in [3.8, 4) is 0 Å². The maximum absolute atomic E-state index is 12.6. The van der Waals surface area contributed by atoms with Crippen molar-refractivity contribution >= 4 is 17.8 Å². The molecule has 1 aliphatic heterocycles. The van der Waals surface area contributed by atoms with E-state index in [1.54, 1.807) is 18.4 Å². The van der Waals surface area contributed by atoms with Gasteiger partial charge in [0.2, 0.25) is 5.91 Å². The number of hydrogen-bond donors (Lipinski definition) is 2. The van der Waals surface area contributed by atoms with Crippen LogP contribution in [0.4, 0.5) is 4.79 Å². The number of imide groups is 1. The number of rotatable bonds is 5. The van der Waals surface area contributed by atoms with Crippen LogP contribution in [0.5, 0.6) is 0 Å². The van der Waals surface area contributed by atoms with Crippen molar-refractivity contribution < 1.29 is 18.8 Å². The van der Waals surface area contributed by atoms with Crippen molar-refractivity contribution in [2.24, 2.45) is 0 Å². The van der Waals surface area contributed by atoms with Crippen LogP contribution in [0.2, 0.25) is 0 Å². The first kappa shape index (κ1) is 16.5. The third kappa shape index (κ3) is 3.16. The van der Waals surface area contributed by atoms with Crippen molar-refractivity contribution in [3.63, 3.8) is 0 Å². The molecule has 3 rings (SSSR count). The lowest BCUT2D eigenvalue weighted by Crippen LogP contribution is -2.48. The maximum Gasteiger partial charge on any atom is 0.325 e. The molecule has 2 fully saturated rings. The molecule has 1 aliphatic carbocycles. The number of amides is 4. The van der Waals surface area contributed by atoms with Crippen LogP contribution in [-0.2, 0) is 9.59 Å². The number of carbonyl (C=O) groups is 3. The van der Waals surface area contributed by atoms with Crippen molar-refractivity contribution in [2.45, 2.75) is 57.0 Å². The highest BCUT2D eigenvalue weighted by Gasteiger charge is 2.51. The van der Waals surface area contributed by atoms with Crippen molar-refractivity contribution in [1.29, 1.82) is 0 Å². The summed E-state index contributed by atoms with van der Waals surface area (Å²) in [6.07, 6.45) is 6.00. The second-order valence-electron chi connectivity index (χ2n) is 6.58. The summed E-state index contributed by atoms with van der Waals surface area (Å²) >= 11 is 0. The average molecular weight is 333 g/mol. The molecular formula is C17H23N3O4. The number of carbonyl (C=O) groups excluding carboxylic acids is 3. The summed E-state index contributed by atoms with van der Waals surface area (Å²) in [5, 5.41) is 5.65. The van der Waals surface area contributed by atoms with E-state index in [-0.39, 0.29) is 36.9 Å². The van der Waals surface area contributed by atoms with Crippen LogP contribution < -0.4 is 10.6 Å². The molecule has 1 atom stereocenters. The minimum atomic E-state index is -0.729. The molecule has 1 spiro atoms. The number of hydrogen-bond acceptors (Lipinski definition) is 4. The van der Waals surface area contributed by atoms with Crippen LogP contribution >= 0.6 is 0 Å². The molecule has 130 valence electrons. The van der Waals surface area contributed by atoms with E-state index in [0.717, 1.165) is 19.3 Å². The summed E-state index contributed by atoms with van der Waals surface area (Å²) < 4.78 is 5.24. The topological polar surface area (TPSA) is 91.7 Å². The fraction of sp³-hybridized carbons (Fsp3) is 0.588. The number of nitrogens with zero attached hydrogens (tertiary/aromatic N) is 1. The van der Waals surface area contributed by atoms with Gasteiger partial charge in [0.1, 0.15) is 11.3 Å². The Morgan fingerprint density at radius 2 is 2.12 bits per heavy atom. The quantitative estimate of drug-likeness (QED) is 0.807. The van der Waals surface area contributed by atoms with Crippen LogP contribution in [0.1, 0.15) is 57.3 Å². The molecular weight excluding hydrogens is 310 g/mol. The molecule has 1 unspecified atom stereocenters. The lowest BCUT2D eigenvalue weighted by Gasteiger charge is -2.30. The fourth-order valence-electron chi connectivity index (χ4n) is 3.51. The zero-order valence-corrected chi connectivity index (χ0v) is 13.8. The fourth-order valence-corrected chi connectivity index (χ4v) is 3.51. The molecule has 1 saturated heterocycles. The highest BCUT2D eigenvalue weighted by Crippen LogP contribution is 2.33. The first-order chi connectivity index (χ1) is 11.5. The largest absolute Gasteiger partial charge is 0.467 e. The van der Waals surface area contributed by atoms with Gasteiger partial charge in [0.15, 0.2) is 0 Å². The Labute approximate surface area is 140 Å². The summed E-state index contributed by atoms with van der Waals surface area (Å²) in [5.74, 6) is 0.266. The predicted octanol–water partition coefficient (Wildman–Crippen LogP) is 2.10. The Morgan fingerprint density at radius 3 is 2.79 bits per heavy atom. The zero-order valence-electron chi connectivity index (χ0n) is 13.8. The lowest BCUT2D eigenvalue weighted by molar-refractivity contribution is -0.132. The third-order valence-electron chi connectivity index (χ3n) is 4.86. The SMILES string of the molecule is CC(NC(=O)CCN1C(=O)NC2(CCCCC2)C1=O)c1ccco1. The van der Waals surface area contributed by atoms with Gasteiger partial charge in [0.25, 0.3) is 5.91 Å². The van der Waals surface area contributed by atoms with Gasteiger partial charge in [-0.1, -0.05) is 19.3 Å². The van der Waals surface area contributed by atoms with Crippen molar-refractivity contribution in [2.75, 3.05) is 6.54 Å². The lowest BCUT2D eigenvalue weighted by atomic mass is 9.82. The first-order valence-corrected chi connectivity index (χ1v) is 8.49. The van der Waals surface area contributed by atoms with Gasteiger partial charge in [0.05, 0.1) is 12.3 Å². The Balaban J connectivity index is 1.53. The number of furan rings is 1. The van der Waals surface area contributed by atoms with Gasteiger partial charge in [-0.15, -0.1) is 0 Å². The number of nitrogens with one attached hydrogen (secondary N) is 2. The van der Waals surface area contributed by atoms with Crippen LogP contribution in [0.25, 0.3) is 0 Å². The Bertz CT molecular complexity index is 620. The summed E-state index contributed by atoms with van der Waals surface area (Å²) in [6.45, 7) is 1.92. The normalized spacial score (nSPS) is 21.0. The van der Waals surface area contributed by atoms with Crippen molar-refractivity contribution in [1.82, 2.24) is 15.5 Å². The molecule has 2 aliphatic rings. The Hall–Kier alpha value is -2.31. The number of urea groups is 1. The van der Waals surface area contributed by atoms with E-state index in [2.05, 4.69) is 10.6 Å².